The van der Waals surface area contributed by atoms with Crippen LogP contribution in [0.2, 0.25) is 0 Å². The third kappa shape index (κ3) is 5.17. The Labute approximate surface area is 285 Å². The molecule has 0 fully saturated rings. The van der Waals surface area contributed by atoms with Crippen LogP contribution in [-0.4, -0.2) is 14.4 Å². The van der Waals surface area contributed by atoms with Crippen LogP contribution in [0.3, 0.4) is 0 Å². The van der Waals surface area contributed by atoms with E-state index >= 15 is 0 Å². The van der Waals surface area contributed by atoms with Crippen molar-refractivity contribution in [3.05, 3.63) is 175 Å². The van der Waals surface area contributed by atoms with Crippen LogP contribution >= 0.6 is 0 Å². The molecular formula is C46H33N3. The highest BCUT2D eigenvalue weighted by Gasteiger charge is 2.17. The molecule has 0 radical (unpaired) electrons. The van der Waals surface area contributed by atoms with Crippen LogP contribution in [0.1, 0.15) is 11.4 Å². The summed E-state index contributed by atoms with van der Waals surface area (Å²) in [5, 5.41) is 5.04. The molecule has 0 saturated heterocycles. The highest BCUT2D eigenvalue weighted by atomic mass is 15.0. The van der Waals surface area contributed by atoms with Crippen LogP contribution in [0, 0.1) is 13.8 Å². The molecule has 0 aliphatic carbocycles. The molecule has 232 valence electrons. The van der Waals surface area contributed by atoms with E-state index in [9.17, 15) is 0 Å². The van der Waals surface area contributed by atoms with Crippen LogP contribution in [-0.2, 0) is 0 Å². The molecule has 0 N–H and O–H groups in total. The lowest BCUT2D eigenvalue weighted by Crippen LogP contribution is -1.92. The smallest absolute Gasteiger partial charge is 0.137 e. The van der Waals surface area contributed by atoms with Gasteiger partial charge in [0.2, 0.25) is 0 Å². The Kier molecular flexibility index (Phi) is 6.91. The summed E-state index contributed by atoms with van der Waals surface area (Å²) < 4.78 is 2.19. The summed E-state index contributed by atoms with van der Waals surface area (Å²) >= 11 is 0. The minimum absolute atomic E-state index is 0.934. The van der Waals surface area contributed by atoms with Crippen LogP contribution < -0.4 is 0 Å². The summed E-state index contributed by atoms with van der Waals surface area (Å²) in [5.41, 5.74) is 14.4. The molecule has 49 heavy (non-hydrogen) atoms. The number of nitrogens with zero attached hydrogens (tertiary/aromatic N) is 3. The first-order valence-electron chi connectivity index (χ1n) is 16.7. The molecule has 0 unspecified atom stereocenters. The van der Waals surface area contributed by atoms with E-state index in [0.29, 0.717) is 0 Å². The maximum absolute atomic E-state index is 5.05. The number of benzene rings is 6. The van der Waals surface area contributed by atoms with Gasteiger partial charge in [0.15, 0.2) is 0 Å². The number of imidazole rings is 1. The second-order valence-corrected chi connectivity index (χ2v) is 12.8. The van der Waals surface area contributed by atoms with Gasteiger partial charge in [-0.15, -0.1) is 0 Å². The van der Waals surface area contributed by atoms with Gasteiger partial charge < -0.3 is 0 Å². The van der Waals surface area contributed by atoms with Crippen LogP contribution in [0.4, 0.5) is 0 Å². The molecule has 0 atom stereocenters. The number of hydrogen-bond acceptors (Lipinski definition) is 2. The second kappa shape index (κ2) is 11.7. The number of fused-ring (bicyclic) bond motifs is 4. The Hall–Kier alpha value is -6.32. The predicted molar refractivity (Wildman–Crippen MR) is 205 cm³/mol. The van der Waals surface area contributed by atoms with Crippen molar-refractivity contribution >= 4 is 27.2 Å². The molecule has 3 heteroatoms. The van der Waals surface area contributed by atoms with Crippen molar-refractivity contribution in [1.29, 1.82) is 0 Å². The Morgan fingerprint density at radius 3 is 1.78 bits per heavy atom. The molecule has 3 nitrogen and oxygen atoms in total. The zero-order valence-corrected chi connectivity index (χ0v) is 27.4. The van der Waals surface area contributed by atoms with Crippen molar-refractivity contribution < 1.29 is 0 Å². The van der Waals surface area contributed by atoms with Gasteiger partial charge in [0.05, 0.1) is 11.4 Å². The summed E-state index contributed by atoms with van der Waals surface area (Å²) in [7, 11) is 0. The van der Waals surface area contributed by atoms with Gasteiger partial charge in [0, 0.05) is 28.7 Å². The molecule has 0 amide bonds. The largest absolute Gasteiger partial charge is 0.299 e. The van der Waals surface area contributed by atoms with Gasteiger partial charge in [-0.2, -0.15) is 0 Å². The zero-order chi connectivity index (χ0) is 32.9. The lowest BCUT2D eigenvalue weighted by atomic mass is 9.89. The molecule has 0 spiro atoms. The molecule has 0 saturated carbocycles. The fourth-order valence-corrected chi connectivity index (χ4v) is 7.30. The summed E-state index contributed by atoms with van der Waals surface area (Å²) in [4.78, 5) is 9.72. The van der Waals surface area contributed by atoms with E-state index in [4.69, 9.17) is 4.98 Å². The molecule has 0 bridgehead atoms. The normalized spacial score (nSPS) is 11.5. The van der Waals surface area contributed by atoms with Crippen molar-refractivity contribution in [2.75, 3.05) is 0 Å². The third-order valence-corrected chi connectivity index (χ3v) is 9.50. The first kappa shape index (κ1) is 28.9. The monoisotopic (exact) mass is 627 g/mol. The van der Waals surface area contributed by atoms with E-state index in [2.05, 4.69) is 175 Å². The highest BCUT2D eigenvalue weighted by Crippen LogP contribution is 2.40. The van der Waals surface area contributed by atoms with E-state index in [0.717, 1.165) is 45.1 Å². The van der Waals surface area contributed by atoms with Gasteiger partial charge in [-0.3, -0.25) is 9.38 Å². The Bertz CT molecular complexity index is 2650. The summed E-state index contributed by atoms with van der Waals surface area (Å²) in [6.07, 6.45) is 2.10. The Balaban J connectivity index is 1.23. The van der Waals surface area contributed by atoms with E-state index in [1.807, 2.05) is 12.1 Å². The zero-order valence-electron chi connectivity index (χ0n) is 27.4. The van der Waals surface area contributed by atoms with Gasteiger partial charge in [0.25, 0.3) is 0 Å². The van der Waals surface area contributed by atoms with E-state index in [1.165, 1.54) is 49.4 Å². The maximum Gasteiger partial charge on any atom is 0.137 e. The number of rotatable bonds is 5. The van der Waals surface area contributed by atoms with Crippen molar-refractivity contribution in [3.8, 4) is 55.9 Å². The van der Waals surface area contributed by atoms with Gasteiger partial charge in [-0.05, 0) is 117 Å². The average molecular weight is 628 g/mol. The molecule has 6 aromatic carbocycles. The highest BCUT2D eigenvalue weighted by molar-refractivity contribution is 6.14. The summed E-state index contributed by atoms with van der Waals surface area (Å²) in [6, 6.07) is 56.8. The van der Waals surface area contributed by atoms with Gasteiger partial charge >= 0.3 is 0 Å². The number of aromatic nitrogens is 3. The van der Waals surface area contributed by atoms with Crippen molar-refractivity contribution in [2.24, 2.45) is 0 Å². The standard InChI is InChI=1S/C46H33N3/c1-30-24-36(25-31(2)47-30)38-26-37(27-39(28-38)43-29-35-14-6-7-15-40(35)41-16-8-9-17-42(41)43)32-19-21-34(22-20-32)46-45(33-12-4-3-5-13-33)48-44-18-10-11-23-49(44)46/h3-29H,1-2H3. The average Bonchev–Trinajstić information content (AvgIpc) is 3.54. The quantitative estimate of drug-likeness (QED) is 0.178. The lowest BCUT2D eigenvalue weighted by molar-refractivity contribution is 1.12. The lowest BCUT2D eigenvalue weighted by Gasteiger charge is -2.15. The van der Waals surface area contributed by atoms with Gasteiger partial charge in [-0.25, -0.2) is 4.98 Å². The summed E-state index contributed by atoms with van der Waals surface area (Å²) in [6.45, 7) is 4.14. The van der Waals surface area contributed by atoms with Crippen LogP contribution in [0.15, 0.2) is 164 Å². The molecule has 3 aromatic heterocycles. The van der Waals surface area contributed by atoms with E-state index in [-0.39, 0.29) is 0 Å². The Morgan fingerprint density at radius 1 is 0.408 bits per heavy atom. The van der Waals surface area contributed by atoms with Crippen molar-refractivity contribution in [2.45, 2.75) is 13.8 Å². The molecular weight excluding hydrogens is 595 g/mol. The summed E-state index contributed by atoms with van der Waals surface area (Å²) in [5.74, 6) is 0. The molecule has 9 aromatic rings. The second-order valence-electron chi connectivity index (χ2n) is 12.8. The molecule has 0 aliphatic heterocycles. The number of hydrogen-bond donors (Lipinski definition) is 0. The predicted octanol–water partition coefficient (Wildman–Crippen LogP) is 12.0. The first-order valence-corrected chi connectivity index (χ1v) is 16.7. The topological polar surface area (TPSA) is 30.2 Å². The molecule has 0 aliphatic rings. The van der Waals surface area contributed by atoms with Gasteiger partial charge in [0.1, 0.15) is 5.65 Å². The fraction of sp³-hybridized carbons (Fsp3) is 0.0435. The maximum atomic E-state index is 5.05. The fourth-order valence-electron chi connectivity index (χ4n) is 7.30. The third-order valence-electron chi connectivity index (χ3n) is 9.50. The number of aryl methyl sites for hydroxylation is 2. The molecule has 3 heterocycles. The van der Waals surface area contributed by atoms with Crippen LogP contribution in [0.25, 0.3) is 83.1 Å². The SMILES string of the molecule is Cc1cc(-c2cc(-c3ccc(-c4c(-c5ccccc5)nc5ccccn45)cc3)cc(-c3cc4ccccc4c4ccccc34)c2)cc(C)n1. The van der Waals surface area contributed by atoms with Crippen LogP contribution in [0.5, 0.6) is 0 Å². The minimum Gasteiger partial charge on any atom is -0.299 e. The van der Waals surface area contributed by atoms with E-state index < -0.39 is 0 Å². The Morgan fingerprint density at radius 2 is 1.00 bits per heavy atom. The van der Waals surface area contributed by atoms with Crippen molar-refractivity contribution in [1.82, 2.24) is 14.4 Å². The first-order chi connectivity index (χ1) is 24.1. The van der Waals surface area contributed by atoms with Gasteiger partial charge in [-0.1, -0.05) is 109 Å². The van der Waals surface area contributed by atoms with Crippen molar-refractivity contribution in [3.63, 3.8) is 0 Å². The van der Waals surface area contributed by atoms with E-state index in [1.54, 1.807) is 0 Å². The molecule has 9 rings (SSSR count). The number of pyridine rings is 2. The minimum atomic E-state index is 0.934.